The van der Waals surface area contributed by atoms with Crippen molar-refractivity contribution in [1.82, 2.24) is 9.88 Å². The zero-order valence-corrected chi connectivity index (χ0v) is 12.0. The normalized spacial score (nSPS) is 12.2. The lowest BCUT2D eigenvalue weighted by atomic mass is 10.1. The summed E-state index contributed by atoms with van der Waals surface area (Å²) in [6.45, 7) is 0.887. The van der Waals surface area contributed by atoms with Gasteiger partial charge in [-0.1, -0.05) is 6.07 Å². The first-order chi connectivity index (χ1) is 8.90. The van der Waals surface area contributed by atoms with Crippen molar-refractivity contribution < 1.29 is 8.42 Å². The molecule has 0 aliphatic heterocycles. The van der Waals surface area contributed by atoms with E-state index in [4.69, 9.17) is 5.14 Å². The van der Waals surface area contributed by atoms with Crippen LogP contribution in [0.5, 0.6) is 0 Å². The number of nitrogens with two attached hydrogens (primary N) is 1. The summed E-state index contributed by atoms with van der Waals surface area (Å²) in [5.74, 6) is -0.122. The summed E-state index contributed by atoms with van der Waals surface area (Å²) >= 11 is 0. The summed E-state index contributed by atoms with van der Waals surface area (Å²) in [6.07, 6.45) is 3.00. The van der Waals surface area contributed by atoms with Crippen LogP contribution in [0.15, 0.2) is 24.4 Å². The van der Waals surface area contributed by atoms with Gasteiger partial charge in [0.15, 0.2) is 0 Å². The van der Waals surface area contributed by atoms with Crippen molar-refractivity contribution in [3.63, 3.8) is 0 Å². The molecule has 3 N–H and O–H groups in total. The minimum atomic E-state index is -3.49. The highest BCUT2D eigenvalue weighted by Gasteiger charge is 2.10. The number of rotatable bonds is 5. The van der Waals surface area contributed by atoms with E-state index in [9.17, 15) is 8.42 Å². The first-order valence-electron chi connectivity index (χ1n) is 6.12. The topological polar surface area (TPSA) is 77.1 Å². The van der Waals surface area contributed by atoms with Crippen LogP contribution < -0.4 is 10.5 Å². The van der Waals surface area contributed by atoms with Crippen LogP contribution in [0.3, 0.4) is 0 Å². The molecule has 0 saturated heterocycles. The van der Waals surface area contributed by atoms with Gasteiger partial charge in [-0.05, 0) is 43.3 Å². The number of likely N-dealkylation sites (N-methyl/N-ethyl adjacent to an activating group) is 1. The monoisotopic (exact) mass is 281 g/mol. The molecule has 1 heterocycles. The van der Waals surface area contributed by atoms with Crippen molar-refractivity contribution in [3.05, 3.63) is 35.5 Å². The van der Waals surface area contributed by atoms with Crippen molar-refractivity contribution in [2.45, 2.75) is 12.2 Å². The van der Waals surface area contributed by atoms with Crippen LogP contribution in [-0.2, 0) is 29.2 Å². The van der Waals surface area contributed by atoms with Crippen molar-refractivity contribution in [2.24, 2.45) is 12.2 Å². The van der Waals surface area contributed by atoms with Gasteiger partial charge < -0.3 is 9.88 Å². The highest BCUT2D eigenvalue weighted by Crippen LogP contribution is 2.23. The third kappa shape index (κ3) is 3.34. The lowest BCUT2D eigenvalue weighted by molar-refractivity contribution is 0.597. The maximum atomic E-state index is 11.2. The van der Waals surface area contributed by atoms with Crippen molar-refractivity contribution in [1.29, 1.82) is 0 Å². The lowest BCUT2D eigenvalue weighted by Gasteiger charge is -2.03. The Hall–Kier alpha value is -1.37. The number of hydrogen-bond donors (Lipinski definition) is 2. The van der Waals surface area contributed by atoms with Crippen LogP contribution in [0.4, 0.5) is 0 Å². The molecule has 6 heteroatoms. The van der Waals surface area contributed by atoms with Crippen molar-refractivity contribution in [2.75, 3.05) is 13.6 Å². The number of aryl methyl sites for hydroxylation is 1. The van der Waals surface area contributed by atoms with Gasteiger partial charge in [0.05, 0.1) is 5.75 Å². The Morgan fingerprint density at radius 3 is 2.74 bits per heavy atom. The third-order valence-corrected chi connectivity index (χ3v) is 3.88. The smallest absolute Gasteiger partial charge is 0.213 e. The van der Waals surface area contributed by atoms with Gasteiger partial charge >= 0.3 is 0 Å². The summed E-state index contributed by atoms with van der Waals surface area (Å²) in [5, 5.41) is 9.31. The van der Waals surface area contributed by atoms with Gasteiger partial charge in [-0.3, -0.25) is 0 Å². The van der Waals surface area contributed by atoms with Gasteiger partial charge in [-0.25, -0.2) is 13.6 Å². The molecule has 0 fully saturated rings. The summed E-state index contributed by atoms with van der Waals surface area (Å²) in [5.41, 5.74) is 3.04. The molecule has 19 heavy (non-hydrogen) atoms. The summed E-state index contributed by atoms with van der Waals surface area (Å²) < 4.78 is 24.4. The molecule has 0 radical (unpaired) electrons. The minimum absolute atomic E-state index is 0.122. The lowest BCUT2D eigenvalue weighted by Crippen LogP contribution is -2.14. The zero-order valence-electron chi connectivity index (χ0n) is 11.2. The first kappa shape index (κ1) is 14.0. The number of aromatic nitrogens is 1. The number of nitrogens with one attached hydrogen (secondary N) is 1. The molecule has 104 valence electrons. The van der Waals surface area contributed by atoms with Gasteiger partial charge in [0, 0.05) is 24.1 Å². The predicted molar refractivity (Wildman–Crippen MR) is 77.4 cm³/mol. The second-order valence-electron chi connectivity index (χ2n) is 4.78. The molecule has 2 rings (SSSR count). The van der Waals surface area contributed by atoms with Crippen LogP contribution in [0.2, 0.25) is 0 Å². The van der Waals surface area contributed by atoms with E-state index in [2.05, 4.69) is 16.1 Å². The number of hydrogen-bond acceptors (Lipinski definition) is 3. The highest BCUT2D eigenvalue weighted by molar-refractivity contribution is 7.88. The van der Waals surface area contributed by atoms with E-state index in [1.807, 2.05) is 32.3 Å². The molecule has 0 atom stereocenters. The standard InChI is InChI=1S/C13H19N3O2S/c1-15-6-5-11-8-16(2)13-4-3-10(7-12(11)13)9-19(14,17)18/h3-4,7-8,15H,5-6,9H2,1-2H3,(H2,14,17,18). The fourth-order valence-corrected chi connectivity index (χ4v) is 2.95. The number of benzene rings is 1. The highest BCUT2D eigenvalue weighted by atomic mass is 32.2. The van der Waals surface area contributed by atoms with E-state index in [0.29, 0.717) is 0 Å². The Morgan fingerprint density at radius 2 is 2.11 bits per heavy atom. The number of fused-ring (bicyclic) bond motifs is 1. The number of sulfonamides is 1. The van der Waals surface area contributed by atoms with Crippen LogP contribution in [-0.4, -0.2) is 26.6 Å². The van der Waals surface area contributed by atoms with Crippen LogP contribution in [0, 0.1) is 0 Å². The molecule has 0 amide bonds. The molecule has 0 spiro atoms. The largest absolute Gasteiger partial charge is 0.350 e. The van der Waals surface area contributed by atoms with Crippen molar-refractivity contribution in [3.8, 4) is 0 Å². The van der Waals surface area contributed by atoms with Crippen LogP contribution >= 0.6 is 0 Å². The van der Waals surface area contributed by atoms with Gasteiger partial charge in [0.1, 0.15) is 0 Å². The molecular formula is C13H19N3O2S. The molecule has 2 aromatic rings. The van der Waals surface area contributed by atoms with Crippen molar-refractivity contribution >= 4 is 20.9 Å². The molecule has 0 saturated carbocycles. The Labute approximate surface area is 113 Å². The minimum Gasteiger partial charge on any atom is -0.350 e. The average Bonchev–Trinajstić information content (AvgIpc) is 2.61. The molecule has 0 aliphatic carbocycles. The Balaban J connectivity index is 2.44. The van der Waals surface area contributed by atoms with Gasteiger partial charge in [-0.15, -0.1) is 0 Å². The number of primary sulfonamides is 1. The maximum absolute atomic E-state index is 11.2. The van der Waals surface area contributed by atoms with E-state index in [0.717, 1.165) is 29.4 Å². The molecule has 0 unspecified atom stereocenters. The fourth-order valence-electron chi connectivity index (χ4n) is 2.30. The second kappa shape index (κ2) is 5.32. The SMILES string of the molecule is CNCCc1cn(C)c2ccc(CS(N)(=O)=O)cc12. The van der Waals surface area contributed by atoms with E-state index in [-0.39, 0.29) is 5.75 Å². The molecule has 5 nitrogen and oxygen atoms in total. The third-order valence-electron chi connectivity index (χ3n) is 3.15. The van der Waals surface area contributed by atoms with E-state index in [1.165, 1.54) is 5.56 Å². The maximum Gasteiger partial charge on any atom is 0.213 e. The number of nitrogens with zero attached hydrogens (tertiary/aromatic N) is 1. The van der Waals surface area contributed by atoms with E-state index < -0.39 is 10.0 Å². The summed E-state index contributed by atoms with van der Waals surface area (Å²) in [6, 6.07) is 5.68. The van der Waals surface area contributed by atoms with E-state index >= 15 is 0 Å². The first-order valence-corrected chi connectivity index (χ1v) is 7.84. The summed E-state index contributed by atoms with van der Waals surface area (Å²) in [4.78, 5) is 0. The summed E-state index contributed by atoms with van der Waals surface area (Å²) in [7, 11) is 0.417. The molecule has 0 aliphatic rings. The molecule has 0 bridgehead atoms. The van der Waals surface area contributed by atoms with Gasteiger partial charge in [0.2, 0.25) is 10.0 Å². The van der Waals surface area contributed by atoms with Gasteiger partial charge in [-0.2, -0.15) is 0 Å². The average molecular weight is 281 g/mol. The Kier molecular flexibility index (Phi) is 3.93. The quantitative estimate of drug-likeness (QED) is 0.848. The zero-order chi connectivity index (χ0) is 14.0. The molecular weight excluding hydrogens is 262 g/mol. The molecule has 1 aromatic heterocycles. The van der Waals surface area contributed by atoms with E-state index in [1.54, 1.807) is 0 Å². The van der Waals surface area contributed by atoms with Gasteiger partial charge in [0.25, 0.3) is 0 Å². The molecule has 1 aromatic carbocycles. The van der Waals surface area contributed by atoms with Crippen LogP contribution in [0.25, 0.3) is 10.9 Å². The second-order valence-corrected chi connectivity index (χ2v) is 6.39. The predicted octanol–water partition coefficient (Wildman–Crippen LogP) is 0.729. The fraction of sp³-hybridized carbons (Fsp3) is 0.385. The Bertz CT molecular complexity index is 689. The van der Waals surface area contributed by atoms with Crippen LogP contribution in [0.1, 0.15) is 11.1 Å². The Morgan fingerprint density at radius 1 is 1.37 bits per heavy atom.